The van der Waals surface area contributed by atoms with Gasteiger partial charge in [-0.2, -0.15) is 0 Å². The van der Waals surface area contributed by atoms with Crippen molar-refractivity contribution in [2.75, 3.05) is 26.2 Å². The van der Waals surface area contributed by atoms with Gasteiger partial charge >= 0.3 is 0 Å². The van der Waals surface area contributed by atoms with E-state index in [0.29, 0.717) is 5.41 Å². The number of para-hydroxylation sites is 1. The van der Waals surface area contributed by atoms with Gasteiger partial charge in [-0.05, 0) is 50.4 Å². The van der Waals surface area contributed by atoms with Crippen LogP contribution in [0.5, 0.6) is 0 Å². The van der Waals surface area contributed by atoms with Crippen LogP contribution >= 0.6 is 12.4 Å². The summed E-state index contributed by atoms with van der Waals surface area (Å²) in [6, 6.07) is 10.6. The first-order chi connectivity index (χ1) is 10.8. The number of halogens is 1. The Morgan fingerprint density at radius 1 is 1.22 bits per heavy atom. The number of nitrogens with zero attached hydrogens (tertiary/aromatic N) is 3. The van der Waals surface area contributed by atoms with E-state index >= 15 is 0 Å². The van der Waals surface area contributed by atoms with E-state index in [2.05, 4.69) is 57.0 Å². The van der Waals surface area contributed by atoms with Crippen LogP contribution in [0.25, 0.3) is 5.69 Å². The molecule has 2 aromatic rings. The highest BCUT2D eigenvalue weighted by Crippen LogP contribution is 2.36. The van der Waals surface area contributed by atoms with Crippen molar-refractivity contribution >= 4 is 12.4 Å². The second-order valence-electron chi connectivity index (χ2n) is 6.86. The van der Waals surface area contributed by atoms with E-state index in [9.17, 15) is 0 Å². The van der Waals surface area contributed by atoms with Crippen LogP contribution in [0.15, 0.2) is 36.5 Å². The van der Waals surface area contributed by atoms with E-state index in [-0.39, 0.29) is 12.4 Å². The predicted octanol–water partition coefficient (Wildman–Crippen LogP) is 2.79. The monoisotopic (exact) mass is 332 g/mol. The summed E-state index contributed by atoms with van der Waals surface area (Å²) in [6.45, 7) is 7.90. The lowest BCUT2D eigenvalue weighted by Gasteiger charge is -2.23. The smallest absolute Gasteiger partial charge is 0.110 e. The van der Waals surface area contributed by atoms with Crippen molar-refractivity contribution in [1.82, 2.24) is 19.8 Å². The average molecular weight is 333 g/mol. The van der Waals surface area contributed by atoms with Crippen LogP contribution in [-0.4, -0.2) is 40.6 Å². The molecule has 3 heterocycles. The normalized spacial score (nSPS) is 24.2. The Kier molecular flexibility index (Phi) is 4.76. The SMILES string of the molecule is Cc1ncc(CN2CCC3(CCNC3)C2)n1-c1ccccc1.Cl. The molecule has 2 aliphatic heterocycles. The Bertz CT molecular complexity index is 646. The number of likely N-dealkylation sites (tertiary alicyclic amines) is 1. The molecule has 2 fully saturated rings. The molecule has 1 unspecified atom stereocenters. The van der Waals surface area contributed by atoms with Crippen LogP contribution in [0.1, 0.15) is 24.4 Å². The lowest BCUT2D eigenvalue weighted by atomic mass is 9.87. The van der Waals surface area contributed by atoms with E-state index in [1.54, 1.807) is 0 Å². The molecule has 23 heavy (non-hydrogen) atoms. The highest BCUT2D eigenvalue weighted by Gasteiger charge is 2.40. The predicted molar refractivity (Wildman–Crippen MR) is 95.4 cm³/mol. The molecule has 1 atom stereocenters. The zero-order valence-electron chi connectivity index (χ0n) is 13.7. The van der Waals surface area contributed by atoms with E-state index in [1.165, 1.54) is 50.4 Å². The molecule has 0 bridgehead atoms. The zero-order chi connectivity index (χ0) is 15.0. The number of rotatable bonds is 3. The molecule has 1 aromatic heterocycles. The standard InChI is InChI=1S/C18H24N4.ClH/c1-15-20-11-17(22(15)16-5-3-2-4-6-16)12-21-10-8-18(14-21)7-9-19-13-18;/h2-6,11,19H,7-10,12-14H2,1H3;1H. The first-order valence-corrected chi connectivity index (χ1v) is 8.28. The Labute approximate surface area is 144 Å². The van der Waals surface area contributed by atoms with E-state index < -0.39 is 0 Å². The summed E-state index contributed by atoms with van der Waals surface area (Å²) in [5.74, 6) is 1.07. The molecule has 2 aliphatic rings. The quantitative estimate of drug-likeness (QED) is 0.938. The van der Waals surface area contributed by atoms with Gasteiger partial charge in [-0.1, -0.05) is 18.2 Å². The molecule has 5 heteroatoms. The molecule has 0 aliphatic carbocycles. The van der Waals surface area contributed by atoms with E-state index in [0.717, 1.165) is 12.4 Å². The van der Waals surface area contributed by atoms with Crippen molar-refractivity contribution in [1.29, 1.82) is 0 Å². The summed E-state index contributed by atoms with van der Waals surface area (Å²) in [5, 5.41) is 3.54. The van der Waals surface area contributed by atoms with E-state index in [4.69, 9.17) is 0 Å². The van der Waals surface area contributed by atoms with Crippen LogP contribution in [-0.2, 0) is 6.54 Å². The van der Waals surface area contributed by atoms with Crippen molar-refractivity contribution < 1.29 is 0 Å². The van der Waals surface area contributed by atoms with Gasteiger partial charge in [-0.3, -0.25) is 9.47 Å². The molecular weight excluding hydrogens is 308 g/mol. The van der Waals surface area contributed by atoms with Gasteiger partial charge in [0.15, 0.2) is 0 Å². The number of hydrogen-bond donors (Lipinski definition) is 1. The fraction of sp³-hybridized carbons (Fsp3) is 0.500. The number of hydrogen-bond acceptors (Lipinski definition) is 3. The summed E-state index contributed by atoms with van der Waals surface area (Å²) < 4.78 is 2.29. The summed E-state index contributed by atoms with van der Waals surface area (Å²) >= 11 is 0. The highest BCUT2D eigenvalue weighted by molar-refractivity contribution is 5.85. The molecule has 2 saturated heterocycles. The first kappa shape index (κ1) is 16.5. The molecule has 1 N–H and O–H groups in total. The van der Waals surface area contributed by atoms with Gasteiger partial charge in [0.05, 0.1) is 11.9 Å². The Morgan fingerprint density at radius 2 is 2.04 bits per heavy atom. The number of aryl methyl sites for hydroxylation is 1. The van der Waals surface area contributed by atoms with Crippen LogP contribution in [0.3, 0.4) is 0 Å². The fourth-order valence-corrected chi connectivity index (χ4v) is 4.07. The van der Waals surface area contributed by atoms with Gasteiger partial charge in [-0.15, -0.1) is 12.4 Å². The van der Waals surface area contributed by atoms with Crippen LogP contribution < -0.4 is 5.32 Å². The van der Waals surface area contributed by atoms with Crippen LogP contribution in [0.2, 0.25) is 0 Å². The van der Waals surface area contributed by atoms with E-state index in [1.807, 2.05) is 6.20 Å². The molecule has 0 saturated carbocycles. The molecule has 0 amide bonds. The van der Waals surface area contributed by atoms with Gasteiger partial charge < -0.3 is 5.32 Å². The molecule has 1 aromatic carbocycles. The van der Waals surface area contributed by atoms with Gasteiger partial charge in [0.1, 0.15) is 5.82 Å². The third-order valence-corrected chi connectivity index (χ3v) is 5.26. The van der Waals surface area contributed by atoms with Crippen molar-refractivity contribution in [3.05, 3.63) is 48.0 Å². The summed E-state index contributed by atoms with van der Waals surface area (Å²) in [4.78, 5) is 7.15. The number of nitrogens with one attached hydrogen (secondary N) is 1. The minimum absolute atomic E-state index is 0. The van der Waals surface area contributed by atoms with Crippen molar-refractivity contribution in [2.24, 2.45) is 5.41 Å². The minimum atomic E-state index is 0. The van der Waals surface area contributed by atoms with Gasteiger partial charge in [0.2, 0.25) is 0 Å². The molecule has 124 valence electrons. The number of aromatic nitrogens is 2. The Balaban J connectivity index is 0.00000156. The van der Waals surface area contributed by atoms with Crippen molar-refractivity contribution in [3.8, 4) is 5.69 Å². The summed E-state index contributed by atoms with van der Waals surface area (Å²) in [7, 11) is 0. The lowest BCUT2D eigenvalue weighted by Crippen LogP contribution is -2.29. The van der Waals surface area contributed by atoms with Crippen LogP contribution in [0, 0.1) is 12.3 Å². The summed E-state index contributed by atoms with van der Waals surface area (Å²) in [5.41, 5.74) is 3.04. The van der Waals surface area contributed by atoms with Gasteiger partial charge in [-0.25, -0.2) is 4.98 Å². The molecule has 4 rings (SSSR count). The summed E-state index contributed by atoms with van der Waals surface area (Å²) in [6.07, 6.45) is 4.71. The largest absolute Gasteiger partial charge is 0.316 e. The second kappa shape index (κ2) is 6.63. The second-order valence-corrected chi connectivity index (χ2v) is 6.86. The molecule has 4 nitrogen and oxygen atoms in total. The third-order valence-electron chi connectivity index (χ3n) is 5.26. The first-order valence-electron chi connectivity index (χ1n) is 8.28. The maximum Gasteiger partial charge on any atom is 0.110 e. The maximum atomic E-state index is 4.55. The zero-order valence-corrected chi connectivity index (χ0v) is 14.5. The number of benzene rings is 1. The van der Waals surface area contributed by atoms with Gasteiger partial charge in [0, 0.05) is 25.3 Å². The molecule has 1 spiro atoms. The highest BCUT2D eigenvalue weighted by atomic mass is 35.5. The topological polar surface area (TPSA) is 33.1 Å². The van der Waals surface area contributed by atoms with Crippen LogP contribution in [0.4, 0.5) is 0 Å². The van der Waals surface area contributed by atoms with Crippen molar-refractivity contribution in [2.45, 2.75) is 26.3 Å². The third kappa shape index (κ3) is 3.16. The average Bonchev–Trinajstić information content (AvgIpc) is 3.24. The fourth-order valence-electron chi connectivity index (χ4n) is 4.07. The number of imidazole rings is 1. The lowest BCUT2D eigenvalue weighted by molar-refractivity contribution is 0.265. The van der Waals surface area contributed by atoms with Crippen molar-refractivity contribution in [3.63, 3.8) is 0 Å². The maximum absolute atomic E-state index is 4.55. The molecular formula is C18H25ClN4. The van der Waals surface area contributed by atoms with Gasteiger partial charge in [0.25, 0.3) is 0 Å². The molecule has 0 radical (unpaired) electrons. The Hall–Kier alpha value is -1.36. The Morgan fingerprint density at radius 3 is 2.78 bits per heavy atom. The minimum Gasteiger partial charge on any atom is -0.316 e.